The minimum absolute atomic E-state index is 0.238. The molecule has 5 nitrogen and oxygen atoms in total. The second-order valence-corrected chi connectivity index (χ2v) is 7.27. The Kier molecular flexibility index (Phi) is 7.33. The highest BCUT2D eigenvalue weighted by molar-refractivity contribution is 6.35. The van der Waals surface area contributed by atoms with Crippen LogP contribution in [0.5, 0.6) is 11.5 Å². The Labute approximate surface area is 184 Å². The molecule has 0 radical (unpaired) electrons. The number of amides is 1. The topological polar surface area (TPSA) is 64.6 Å². The molecule has 0 saturated carbocycles. The number of hydrogen-bond acceptors (Lipinski definition) is 4. The molecule has 0 aromatic heterocycles. The van der Waals surface area contributed by atoms with Crippen molar-refractivity contribution in [2.24, 2.45) is 0 Å². The van der Waals surface area contributed by atoms with Crippen LogP contribution in [0.15, 0.2) is 66.7 Å². The Morgan fingerprint density at radius 1 is 0.900 bits per heavy atom. The molecule has 3 aromatic rings. The molecule has 0 atom stereocenters. The van der Waals surface area contributed by atoms with Gasteiger partial charge in [-0.05, 0) is 66.6 Å². The lowest BCUT2D eigenvalue weighted by Crippen LogP contribution is -2.13. The number of carbonyl (C=O) groups is 2. The van der Waals surface area contributed by atoms with Gasteiger partial charge in [-0.1, -0.05) is 35.3 Å². The van der Waals surface area contributed by atoms with Crippen molar-refractivity contribution >= 4 is 40.8 Å². The number of esters is 1. The highest BCUT2D eigenvalue weighted by atomic mass is 35.5. The van der Waals surface area contributed by atoms with Crippen LogP contribution in [0.1, 0.15) is 22.3 Å². The molecule has 154 valence electrons. The maximum absolute atomic E-state index is 12.4. The van der Waals surface area contributed by atoms with E-state index in [9.17, 15) is 9.59 Å². The van der Waals surface area contributed by atoms with Crippen LogP contribution in [0, 0.1) is 0 Å². The third kappa shape index (κ3) is 5.99. The van der Waals surface area contributed by atoms with Gasteiger partial charge < -0.3 is 14.8 Å². The first kappa shape index (κ1) is 21.7. The zero-order chi connectivity index (χ0) is 21.5. The summed E-state index contributed by atoms with van der Waals surface area (Å²) in [5.41, 5.74) is 1.83. The number of ether oxygens (including phenoxy) is 2. The van der Waals surface area contributed by atoms with Gasteiger partial charge in [-0.2, -0.15) is 0 Å². The fraction of sp³-hybridized carbons (Fsp3) is 0.130. The van der Waals surface area contributed by atoms with E-state index in [1.54, 1.807) is 49.6 Å². The highest BCUT2D eigenvalue weighted by Gasteiger charge is 2.11. The highest BCUT2D eigenvalue weighted by Crippen LogP contribution is 2.26. The summed E-state index contributed by atoms with van der Waals surface area (Å²) in [6.07, 6.45) is 0.797. The summed E-state index contributed by atoms with van der Waals surface area (Å²) >= 11 is 12.0. The summed E-state index contributed by atoms with van der Waals surface area (Å²) < 4.78 is 10.4. The summed E-state index contributed by atoms with van der Waals surface area (Å²) in [6.45, 7) is 0. The number of benzene rings is 3. The maximum atomic E-state index is 12.4. The van der Waals surface area contributed by atoms with Gasteiger partial charge in [0.25, 0.3) is 5.91 Å². The molecule has 3 rings (SSSR count). The molecule has 1 N–H and O–H groups in total. The minimum Gasteiger partial charge on any atom is -0.497 e. The first-order chi connectivity index (χ1) is 14.4. The molecule has 1 amide bonds. The van der Waals surface area contributed by atoms with E-state index in [0.717, 1.165) is 11.3 Å². The molecule has 3 aromatic carbocycles. The normalized spacial score (nSPS) is 10.4. The van der Waals surface area contributed by atoms with Crippen LogP contribution in [0.2, 0.25) is 10.0 Å². The van der Waals surface area contributed by atoms with E-state index in [-0.39, 0.29) is 18.3 Å². The molecule has 0 aliphatic heterocycles. The molecular formula is C23H19Cl2NO4. The molecule has 30 heavy (non-hydrogen) atoms. The third-order valence-corrected chi connectivity index (χ3v) is 4.87. The van der Waals surface area contributed by atoms with Crippen molar-refractivity contribution in [1.82, 2.24) is 0 Å². The molecule has 0 aliphatic rings. The van der Waals surface area contributed by atoms with Gasteiger partial charge in [-0.3, -0.25) is 9.59 Å². The van der Waals surface area contributed by atoms with Crippen molar-refractivity contribution in [3.05, 3.63) is 87.9 Å². The Bertz CT molecular complexity index is 1030. The Morgan fingerprint density at radius 3 is 2.23 bits per heavy atom. The van der Waals surface area contributed by atoms with Crippen molar-refractivity contribution in [1.29, 1.82) is 0 Å². The van der Waals surface area contributed by atoms with Crippen molar-refractivity contribution < 1.29 is 19.1 Å². The lowest BCUT2D eigenvalue weighted by Gasteiger charge is -2.09. The molecule has 0 heterocycles. The second-order valence-electron chi connectivity index (χ2n) is 6.42. The van der Waals surface area contributed by atoms with Gasteiger partial charge in [0, 0.05) is 17.0 Å². The summed E-state index contributed by atoms with van der Waals surface area (Å²) in [6, 6.07) is 18.6. The van der Waals surface area contributed by atoms with Crippen molar-refractivity contribution in [2.75, 3.05) is 12.4 Å². The monoisotopic (exact) mass is 443 g/mol. The molecular weight excluding hydrogens is 425 g/mol. The smallest absolute Gasteiger partial charge is 0.311 e. The predicted molar refractivity (Wildman–Crippen MR) is 118 cm³/mol. The van der Waals surface area contributed by atoms with Crippen LogP contribution in [0.25, 0.3) is 0 Å². The largest absolute Gasteiger partial charge is 0.497 e. The average molecular weight is 444 g/mol. The summed E-state index contributed by atoms with van der Waals surface area (Å²) in [5, 5.41) is 3.55. The van der Waals surface area contributed by atoms with E-state index in [1.807, 2.05) is 24.3 Å². The maximum Gasteiger partial charge on any atom is 0.311 e. The lowest BCUT2D eigenvalue weighted by molar-refractivity contribution is -0.134. The fourth-order valence-electron chi connectivity index (χ4n) is 2.68. The van der Waals surface area contributed by atoms with E-state index in [4.69, 9.17) is 32.7 Å². The van der Waals surface area contributed by atoms with Gasteiger partial charge in [0.15, 0.2) is 0 Å². The van der Waals surface area contributed by atoms with Crippen LogP contribution in [-0.2, 0) is 11.2 Å². The number of anilines is 1. The van der Waals surface area contributed by atoms with Crippen LogP contribution >= 0.6 is 23.2 Å². The van der Waals surface area contributed by atoms with Gasteiger partial charge in [0.1, 0.15) is 11.5 Å². The van der Waals surface area contributed by atoms with E-state index in [2.05, 4.69) is 5.32 Å². The number of rotatable bonds is 7. The van der Waals surface area contributed by atoms with E-state index in [0.29, 0.717) is 33.5 Å². The first-order valence-corrected chi connectivity index (χ1v) is 9.90. The second kappa shape index (κ2) is 10.1. The number of nitrogens with one attached hydrogen (secondary N) is 1. The summed E-state index contributed by atoms with van der Waals surface area (Å²) in [4.78, 5) is 24.5. The summed E-state index contributed by atoms with van der Waals surface area (Å²) in [5.74, 6) is 0.431. The van der Waals surface area contributed by atoms with Crippen LogP contribution < -0.4 is 14.8 Å². The fourth-order valence-corrected chi connectivity index (χ4v) is 3.02. The third-order valence-electron chi connectivity index (χ3n) is 4.30. The van der Waals surface area contributed by atoms with Gasteiger partial charge in [0.2, 0.25) is 0 Å². The molecule has 0 aliphatic carbocycles. The zero-order valence-electron chi connectivity index (χ0n) is 16.2. The quantitative estimate of drug-likeness (QED) is 0.370. The van der Waals surface area contributed by atoms with E-state index < -0.39 is 0 Å². The lowest BCUT2D eigenvalue weighted by atomic mass is 10.1. The van der Waals surface area contributed by atoms with Gasteiger partial charge in [-0.25, -0.2) is 0 Å². The molecule has 0 spiro atoms. The molecule has 0 saturated heterocycles. The van der Waals surface area contributed by atoms with E-state index >= 15 is 0 Å². The van der Waals surface area contributed by atoms with Crippen LogP contribution in [0.3, 0.4) is 0 Å². The SMILES string of the molecule is COc1ccc(CCC(=O)Oc2ccc(C(=O)Nc3cc(Cl)ccc3Cl)cc2)cc1. The number of carbonyl (C=O) groups excluding carboxylic acids is 2. The average Bonchev–Trinajstić information content (AvgIpc) is 2.75. The van der Waals surface area contributed by atoms with Crippen molar-refractivity contribution in [2.45, 2.75) is 12.8 Å². The predicted octanol–water partition coefficient (Wildman–Crippen LogP) is 5.79. The Morgan fingerprint density at radius 2 is 1.57 bits per heavy atom. The number of halogens is 2. The Hall–Kier alpha value is -3.02. The number of methoxy groups -OCH3 is 1. The van der Waals surface area contributed by atoms with Crippen LogP contribution in [-0.4, -0.2) is 19.0 Å². The number of aryl methyl sites for hydroxylation is 1. The van der Waals surface area contributed by atoms with Crippen molar-refractivity contribution in [3.8, 4) is 11.5 Å². The standard InChI is InChI=1S/C23H19Cl2NO4/c1-29-18-8-2-15(3-9-18)4-13-22(27)30-19-10-5-16(6-11-19)23(28)26-21-14-17(24)7-12-20(21)25/h2-3,5-12,14H,4,13H2,1H3,(H,26,28). The molecule has 0 unspecified atom stereocenters. The van der Waals surface area contributed by atoms with E-state index in [1.165, 1.54) is 0 Å². The molecule has 0 bridgehead atoms. The van der Waals surface area contributed by atoms with Gasteiger partial charge >= 0.3 is 5.97 Å². The minimum atomic E-state index is -0.353. The van der Waals surface area contributed by atoms with Gasteiger partial charge in [-0.15, -0.1) is 0 Å². The van der Waals surface area contributed by atoms with Crippen molar-refractivity contribution in [3.63, 3.8) is 0 Å². The zero-order valence-corrected chi connectivity index (χ0v) is 17.7. The first-order valence-electron chi connectivity index (χ1n) is 9.14. The van der Waals surface area contributed by atoms with Crippen LogP contribution in [0.4, 0.5) is 5.69 Å². The number of hydrogen-bond donors (Lipinski definition) is 1. The molecule has 7 heteroatoms. The summed E-state index contributed by atoms with van der Waals surface area (Å²) in [7, 11) is 1.60. The molecule has 0 fully saturated rings. The van der Waals surface area contributed by atoms with Gasteiger partial charge in [0.05, 0.1) is 17.8 Å². The Balaban J connectivity index is 1.53.